The average Bonchev–Trinajstić information content (AvgIpc) is 3.46. The van der Waals surface area contributed by atoms with E-state index < -0.39 is 5.56 Å². The minimum atomic E-state index is -0.452. The van der Waals surface area contributed by atoms with Crippen LogP contribution in [0.25, 0.3) is 0 Å². The van der Waals surface area contributed by atoms with Crippen LogP contribution in [-0.4, -0.2) is 45.4 Å². The normalized spacial score (nSPS) is 27.8. The minimum absolute atomic E-state index is 0.126. The van der Waals surface area contributed by atoms with Crippen molar-refractivity contribution in [2.75, 3.05) is 13.1 Å². The van der Waals surface area contributed by atoms with Gasteiger partial charge in [-0.3, -0.25) is 14.4 Å². The quantitative estimate of drug-likeness (QED) is 0.853. The number of aromatic nitrogens is 2. The monoisotopic (exact) mass is 328 g/mol. The molecule has 0 aromatic carbocycles. The highest BCUT2D eigenvalue weighted by atomic mass is 16.2. The molecule has 0 spiro atoms. The third-order valence-corrected chi connectivity index (χ3v) is 5.63. The Labute approximate surface area is 139 Å². The molecule has 2 aliphatic heterocycles. The van der Waals surface area contributed by atoms with Crippen LogP contribution in [0.2, 0.25) is 0 Å². The lowest BCUT2D eigenvalue weighted by atomic mass is 9.99. The number of hydrogen-bond acceptors (Lipinski definition) is 4. The molecule has 1 N–H and O–H groups in total. The van der Waals surface area contributed by atoms with Crippen molar-refractivity contribution in [3.05, 3.63) is 27.9 Å². The van der Waals surface area contributed by atoms with Crippen molar-refractivity contribution in [3.63, 3.8) is 0 Å². The Bertz CT molecular complexity index is 794. The Morgan fingerprint density at radius 3 is 2.62 bits per heavy atom. The van der Waals surface area contributed by atoms with Crippen molar-refractivity contribution in [1.29, 1.82) is 0 Å². The molecule has 5 rings (SSSR count). The van der Waals surface area contributed by atoms with Gasteiger partial charge in [-0.1, -0.05) is 0 Å². The number of nitrogens with one attached hydrogen (secondary N) is 1. The summed E-state index contributed by atoms with van der Waals surface area (Å²) in [5, 5.41) is 2.85. The van der Waals surface area contributed by atoms with E-state index in [4.69, 9.17) is 0 Å². The molecule has 3 heterocycles. The lowest BCUT2D eigenvalue weighted by Crippen LogP contribution is -2.34. The van der Waals surface area contributed by atoms with Crippen LogP contribution < -0.4 is 10.9 Å². The van der Waals surface area contributed by atoms with Gasteiger partial charge in [0.2, 0.25) is 5.91 Å². The highest BCUT2D eigenvalue weighted by molar-refractivity contribution is 5.93. The van der Waals surface area contributed by atoms with Gasteiger partial charge in [0.1, 0.15) is 11.4 Å². The van der Waals surface area contributed by atoms with Crippen LogP contribution in [0.1, 0.15) is 47.8 Å². The van der Waals surface area contributed by atoms with Crippen LogP contribution in [0.15, 0.2) is 11.0 Å². The first-order valence-corrected chi connectivity index (χ1v) is 8.81. The fourth-order valence-corrected chi connectivity index (χ4v) is 3.96. The van der Waals surface area contributed by atoms with Gasteiger partial charge in [0.05, 0.1) is 0 Å². The number of hydrogen-bond donors (Lipinski definition) is 1. The largest absolute Gasteiger partial charge is 0.349 e. The second-order valence-corrected chi connectivity index (χ2v) is 7.60. The zero-order valence-corrected chi connectivity index (χ0v) is 13.4. The van der Waals surface area contributed by atoms with E-state index in [1.807, 2.05) is 9.47 Å². The molecule has 3 fully saturated rings. The molecule has 126 valence electrons. The van der Waals surface area contributed by atoms with Gasteiger partial charge in [-0.25, -0.2) is 0 Å². The maximum Gasteiger partial charge on any atom is 0.285 e. The molecule has 7 heteroatoms. The first kappa shape index (κ1) is 14.2. The Morgan fingerprint density at radius 2 is 1.92 bits per heavy atom. The number of rotatable bonds is 3. The van der Waals surface area contributed by atoms with Gasteiger partial charge in [-0.2, -0.15) is 4.98 Å². The summed E-state index contributed by atoms with van der Waals surface area (Å²) in [5.74, 6) is 1.35. The summed E-state index contributed by atoms with van der Waals surface area (Å²) in [6.07, 6.45) is 5.66. The standard InChI is InChI=1S/C17H20N4O3/c22-15(18-11-3-4-11)13-8-20-5-10-6-21(17(24)9-1-2-9)7-12(10)14(20)19-16(13)23/h8-12H,1-7H2,(H,18,22)/t10-,12+/m0/s1. The molecule has 0 radical (unpaired) electrons. The summed E-state index contributed by atoms with van der Waals surface area (Å²) in [4.78, 5) is 42.8. The highest BCUT2D eigenvalue weighted by Crippen LogP contribution is 2.40. The molecule has 7 nitrogen and oxygen atoms in total. The Kier molecular flexibility index (Phi) is 2.90. The number of carbonyl (C=O) groups excluding carboxylic acids is 2. The molecule has 0 bridgehead atoms. The summed E-state index contributed by atoms with van der Waals surface area (Å²) in [6.45, 7) is 2.12. The van der Waals surface area contributed by atoms with Gasteiger partial charge in [-0.05, 0) is 25.7 Å². The molecule has 4 aliphatic rings. The summed E-state index contributed by atoms with van der Waals surface area (Å²) in [6, 6.07) is 0.219. The third kappa shape index (κ3) is 2.25. The van der Waals surface area contributed by atoms with Gasteiger partial charge in [0, 0.05) is 49.6 Å². The summed E-state index contributed by atoms with van der Waals surface area (Å²) >= 11 is 0. The van der Waals surface area contributed by atoms with Gasteiger partial charge < -0.3 is 14.8 Å². The summed E-state index contributed by atoms with van der Waals surface area (Å²) in [7, 11) is 0. The van der Waals surface area contributed by atoms with Gasteiger partial charge >= 0.3 is 0 Å². The SMILES string of the molecule is O=C(NC1CC1)c1cn2c(nc1=O)[C@@H]1CN(C(=O)C3CC3)C[C@@H]1C2. The number of carbonyl (C=O) groups is 2. The molecule has 1 aromatic rings. The fraction of sp³-hybridized carbons (Fsp3) is 0.647. The molecule has 24 heavy (non-hydrogen) atoms. The number of amides is 2. The van der Waals surface area contributed by atoms with E-state index >= 15 is 0 Å². The second-order valence-electron chi connectivity index (χ2n) is 7.60. The predicted octanol–water partition coefficient (Wildman–Crippen LogP) is 0.101. The predicted molar refractivity (Wildman–Crippen MR) is 84.5 cm³/mol. The van der Waals surface area contributed by atoms with Crippen LogP contribution in [-0.2, 0) is 11.3 Å². The smallest absolute Gasteiger partial charge is 0.285 e. The maximum atomic E-state index is 12.3. The molecule has 2 aliphatic carbocycles. The van der Waals surface area contributed by atoms with Crippen molar-refractivity contribution in [3.8, 4) is 0 Å². The number of fused-ring (bicyclic) bond motifs is 3. The fourth-order valence-electron chi connectivity index (χ4n) is 3.96. The van der Waals surface area contributed by atoms with E-state index in [-0.39, 0.29) is 35.3 Å². The van der Waals surface area contributed by atoms with E-state index in [1.54, 1.807) is 6.20 Å². The molecular weight excluding hydrogens is 308 g/mol. The van der Waals surface area contributed by atoms with E-state index in [0.717, 1.165) is 44.6 Å². The molecule has 0 unspecified atom stereocenters. The lowest BCUT2D eigenvalue weighted by Gasteiger charge is -2.18. The average molecular weight is 328 g/mol. The van der Waals surface area contributed by atoms with Crippen LogP contribution >= 0.6 is 0 Å². The number of likely N-dealkylation sites (tertiary alicyclic amines) is 1. The van der Waals surface area contributed by atoms with E-state index in [0.29, 0.717) is 12.5 Å². The van der Waals surface area contributed by atoms with Crippen LogP contribution in [0.5, 0.6) is 0 Å². The molecule has 2 saturated carbocycles. The lowest BCUT2D eigenvalue weighted by molar-refractivity contribution is -0.131. The summed E-state index contributed by atoms with van der Waals surface area (Å²) < 4.78 is 1.94. The Balaban J connectivity index is 1.39. The summed E-state index contributed by atoms with van der Waals surface area (Å²) in [5.41, 5.74) is -0.316. The van der Waals surface area contributed by atoms with E-state index in [1.165, 1.54) is 0 Å². The third-order valence-electron chi connectivity index (χ3n) is 5.63. The molecule has 2 amide bonds. The van der Waals surface area contributed by atoms with Crippen LogP contribution in [0.4, 0.5) is 0 Å². The number of nitrogens with zero attached hydrogens (tertiary/aromatic N) is 3. The maximum absolute atomic E-state index is 12.3. The molecular formula is C17H20N4O3. The minimum Gasteiger partial charge on any atom is -0.349 e. The topological polar surface area (TPSA) is 84.3 Å². The zero-order valence-electron chi connectivity index (χ0n) is 13.4. The van der Waals surface area contributed by atoms with E-state index in [2.05, 4.69) is 10.3 Å². The first-order valence-electron chi connectivity index (χ1n) is 8.81. The van der Waals surface area contributed by atoms with Crippen LogP contribution in [0, 0.1) is 11.8 Å². The van der Waals surface area contributed by atoms with Crippen molar-refractivity contribution in [2.45, 2.75) is 44.2 Å². The van der Waals surface area contributed by atoms with Crippen molar-refractivity contribution in [1.82, 2.24) is 19.8 Å². The Hall–Kier alpha value is -2.18. The van der Waals surface area contributed by atoms with E-state index in [9.17, 15) is 14.4 Å². The van der Waals surface area contributed by atoms with Gasteiger partial charge in [0.15, 0.2) is 0 Å². The molecule has 1 saturated heterocycles. The molecule has 1 aromatic heterocycles. The highest BCUT2D eigenvalue weighted by Gasteiger charge is 2.45. The zero-order chi connectivity index (χ0) is 16.4. The van der Waals surface area contributed by atoms with Gasteiger partial charge in [0.25, 0.3) is 11.5 Å². The second kappa shape index (κ2) is 4.91. The van der Waals surface area contributed by atoms with Crippen molar-refractivity contribution < 1.29 is 9.59 Å². The van der Waals surface area contributed by atoms with Crippen molar-refractivity contribution in [2.24, 2.45) is 11.8 Å². The van der Waals surface area contributed by atoms with Crippen LogP contribution in [0.3, 0.4) is 0 Å². The van der Waals surface area contributed by atoms with Crippen molar-refractivity contribution >= 4 is 11.8 Å². The molecule has 2 atom stereocenters. The van der Waals surface area contributed by atoms with Gasteiger partial charge in [-0.15, -0.1) is 0 Å². The Morgan fingerprint density at radius 1 is 1.12 bits per heavy atom. The first-order chi connectivity index (χ1) is 11.6.